The van der Waals surface area contributed by atoms with Crippen molar-refractivity contribution in [3.8, 4) is 0 Å². The minimum Gasteiger partial charge on any atom is -0.273 e. The Bertz CT molecular complexity index is 652. The molecule has 0 bridgehead atoms. The summed E-state index contributed by atoms with van der Waals surface area (Å²) in [5.41, 5.74) is 2.15. The van der Waals surface area contributed by atoms with Crippen LogP contribution >= 0.6 is 23.1 Å². The molecule has 0 saturated carbocycles. The molecule has 1 aliphatic heterocycles. The van der Waals surface area contributed by atoms with Gasteiger partial charge < -0.3 is 0 Å². The van der Waals surface area contributed by atoms with E-state index in [1.165, 1.54) is 0 Å². The summed E-state index contributed by atoms with van der Waals surface area (Å²) in [4.78, 5) is 11.5. The largest absolute Gasteiger partial charge is 0.273 e. The van der Waals surface area contributed by atoms with Crippen LogP contribution in [0.1, 0.15) is 25.0 Å². The van der Waals surface area contributed by atoms with E-state index in [0.717, 1.165) is 16.2 Å². The zero-order valence-electron chi connectivity index (χ0n) is 11.2. The lowest BCUT2D eigenvalue weighted by Crippen LogP contribution is -2.37. The third-order valence-corrected chi connectivity index (χ3v) is 5.27. The van der Waals surface area contributed by atoms with E-state index in [9.17, 15) is 4.79 Å². The molecule has 5 heteroatoms. The summed E-state index contributed by atoms with van der Waals surface area (Å²) in [5, 5.41) is 11.1. The van der Waals surface area contributed by atoms with Crippen LogP contribution in [-0.2, 0) is 9.67 Å². The fraction of sp³-hybridized carbons (Fsp3) is 0.200. The summed E-state index contributed by atoms with van der Waals surface area (Å²) in [7, 11) is 0. The lowest BCUT2D eigenvalue weighted by atomic mass is 10.1. The Labute approximate surface area is 126 Å². The molecule has 0 radical (unpaired) electrons. The van der Waals surface area contributed by atoms with Crippen LogP contribution in [0.5, 0.6) is 0 Å². The lowest BCUT2D eigenvalue weighted by molar-refractivity contribution is -0.131. The average molecular weight is 302 g/mol. The molecule has 1 atom stereocenters. The summed E-state index contributed by atoms with van der Waals surface area (Å²) < 4.78 is 0. The Balaban J connectivity index is 2.03. The minimum absolute atomic E-state index is 0.0471. The summed E-state index contributed by atoms with van der Waals surface area (Å²) in [5.74, 6) is -0.0471. The zero-order chi connectivity index (χ0) is 14.2. The third kappa shape index (κ3) is 2.17. The van der Waals surface area contributed by atoms with Crippen LogP contribution in [0.25, 0.3) is 0 Å². The molecule has 0 spiro atoms. The number of hydrogen-bond acceptors (Lipinski definition) is 4. The van der Waals surface area contributed by atoms with Crippen LogP contribution in [0, 0.1) is 0 Å². The van der Waals surface area contributed by atoms with Gasteiger partial charge in [0.1, 0.15) is 9.91 Å². The van der Waals surface area contributed by atoms with E-state index in [0.29, 0.717) is 0 Å². The molecule has 2 aromatic rings. The molecule has 1 amide bonds. The van der Waals surface area contributed by atoms with E-state index in [1.807, 2.05) is 48.7 Å². The standard InChI is InChI=1S/C15H14N2OS2/c1-11(18)17-15(2,13-6-4-3-5-7-13)20-14(16-17)12-8-9-19-10-12/h3-10H,1-2H3. The van der Waals surface area contributed by atoms with Crippen molar-refractivity contribution in [3.63, 3.8) is 0 Å². The van der Waals surface area contributed by atoms with Crippen molar-refractivity contribution in [1.82, 2.24) is 5.01 Å². The third-order valence-electron chi connectivity index (χ3n) is 3.27. The first-order valence-electron chi connectivity index (χ1n) is 6.28. The lowest BCUT2D eigenvalue weighted by Gasteiger charge is -2.31. The second-order valence-electron chi connectivity index (χ2n) is 4.70. The van der Waals surface area contributed by atoms with Crippen molar-refractivity contribution >= 4 is 34.0 Å². The van der Waals surface area contributed by atoms with E-state index < -0.39 is 4.87 Å². The van der Waals surface area contributed by atoms with Crippen LogP contribution in [0.2, 0.25) is 0 Å². The van der Waals surface area contributed by atoms with Crippen molar-refractivity contribution in [3.05, 3.63) is 58.3 Å². The van der Waals surface area contributed by atoms with Gasteiger partial charge in [-0.1, -0.05) is 42.1 Å². The molecular formula is C15H14N2OS2. The van der Waals surface area contributed by atoms with Crippen LogP contribution < -0.4 is 0 Å². The van der Waals surface area contributed by atoms with Crippen molar-refractivity contribution in [2.45, 2.75) is 18.7 Å². The molecule has 3 rings (SSSR count). The van der Waals surface area contributed by atoms with Gasteiger partial charge in [-0.2, -0.15) is 16.4 Å². The average Bonchev–Trinajstić information content (AvgIpc) is 3.07. The van der Waals surface area contributed by atoms with Crippen molar-refractivity contribution in [2.75, 3.05) is 0 Å². The van der Waals surface area contributed by atoms with E-state index in [1.54, 1.807) is 35.0 Å². The molecule has 0 saturated heterocycles. The second-order valence-corrected chi connectivity index (χ2v) is 6.86. The highest BCUT2D eigenvalue weighted by Crippen LogP contribution is 2.46. The zero-order valence-corrected chi connectivity index (χ0v) is 12.9. The maximum Gasteiger partial charge on any atom is 0.241 e. The smallest absolute Gasteiger partial charge is 0.241 e. The molecule has 1 aliphatic rings. The molecule has 0 N–H and O–H groups in total. The number of thiophene rings is 1. The van der Waals surface area contributed by atoms with Crippen LogP contribution in [0.3, 0.4) is 0 Å². The van der Waals surface area contributed by atoms with Gasteiger partial charge in [0.05, 0.1) is 0 Å². The van der Waals surface area contributed by atoms with Crippen LogP contribution in [0.4, 0.5) is 0 Å². The number of hydrogen-bond donors (Lipinski definition) is 0. The Morgan fingerprint density at radius 1 is 1.25 bits per heavy atom. The van der Waals surface area contributed by atoms with Gasteiger partial charge >= 0.3 is 0 Å². The number of amides is 1. The second kappa shape index (κ2) is 5.07. The van der Waals surface area contributed by atoms with Crippen molar-refractivity contribution in [2.24, 2.45) is 5.10 Å². The van der Waals surface area contributed by atoms with Gasteiger partial charge in [-0.3, -0.25) is 4.79 Å². The van der Waals surface area contributed by atoms with Gasteiger partial charge in [-0.15, -0.1) is 0 Å². The number of hydrazone groups is 1. The van der Waals surface area contributed by atoms with Crippen molar-refractivity contribution < 1.29 is 4.79 Å². The predicted octanol–water partition coefficient (Wildman–Crippen LogP) is 3.88. The first-order valence-corrected chi connectivity index (χ1v) is 8.04. The maximum atomic E-state index is 12.0. The monoisotopic (exact) mass is 302 g/mol. The number of nitrogens with zero attached hydrogens (tertiary/aromatic N) is 2. The molecule has 20 heavy (non-hydrogen) atoms. The molecule has 1 unspecified atom stereocenters. The highest BCUT2D eigenvalue weighted by Gasteiger charge is 2.43. The highest BCUT2D eigenvalue weighted by molar-refractivity contribution is 8.15. The van der Waals surface area contributed by atoms with E-state index >= 15 is 0 Å². The Morgan fingerprint density at radius 3 is 2.60 bits per heavy atom. The molecular weight excluding hydrogens is 288 g/mol. The Kier molecular flexibility index (Phi) is 3.40. The normalized spacial score (nSPS) is 21.9. The topological polar surface area (TPSA) is 32.7 Å². The number of carbonyl (C=O) groups is 1. The quantitative estimate of drug-likeness (QED) is 0.843. The molecule has 1 aromatic heterocycles. The summed E-state index contributed by atoms with van der Waals surface area (Å²) in [6, 6.07) is 12.1. The van der Waals surface area contributed by atoms with Crippen LogP contribution in [-0.4, -0.2) is 16.0 Å². The fourth-order valence-corrected chi connectivity index (χ4v) is 4.21. The van der Waals surface area contributed by atoms with Crippen molar-refractivity contribution in [1.29, 1.82) is 0 Å². The molecule has 2 heterocycles. The van der Waals surface area contributed by atoms with Gasteiger partial charge in [-0.25, -0.2) is 5.01 Å². The summed E-state index contributed by atoms with van der Waals surface area (Å²) in [6.07, 6.45) is 0. The summed E-state index contributed by atoms with van der Waals surface area (Å²) >= 11 is 3.26. The van der Waals surface area contributed by atoms with Crippen LogP contribution in [0.15, 0.2) is 52.3 Å². The number of carbonyl (C=O) groups excluding carboxylic acids is 1. The van der Waals surface area contributed by atoms with Gasteiger partial charge in [0.2, 0.25) is 5.91 Å². The fourth-order valence-electron chi connectivity index (χ4n) is 2.24. The molecule has 102 valence electrons. The van der Waals surface area contributed by atoms with Gasteiger partial charge in [0.15, 0.2) is 0 Å². The predicted molar refractivity (Wildman–Crippen MR) is 84.8 cm³/mol. The Morgan fingerprint density at radius 2 is 2.00 bits per heavy atom. The molecule has 1 aromatic carbocycles. The Hall–Kier alpha value is -1.59. The van der Waals surface area contributed by atoms with E-state index in [-0.39, 0.29) is 5.91 Å². The maximum absolute atomic E-state index is 12.0. The molecule has 3 nitrogen and oxygen atoms in total. The van der Waals surface area contributed by atoms with E-state index in [2.05, 4.69) is 10.5 Å². The van der Waals surface area contributed by atoms with E-state index in [4.69, 9.17) is 0 Å². The molecule has 0 aliphatic carbocycles. The number of thioether (sulfide) groups is 1. The number of benzene rings is 1. The molecule has 0 fully saturated rings. The SMILES string of the molecule is CC(=O)N1N=C(c2ccsc2)SC1(C)c1ccccc1. The van der Waals surface area contributed by atoms with Gasteiger partial charge in [0.25, 0.3) is 0 Å². The first kappa shape index (κ1) is 13.4. The van der Waals surface area contributed by atoms with Gasteiger partial charge in [0, 0.05) is 17.9 Å². The first-order chi connectivity index (χ1) is 9.61. The highest BCUT2D eigenvalue weighted by atomic mass is 32.2. The minimum atomic E-state index is -0.482. The van der Waals surface area contributed by atoms with Gasteiger partial charge in [-0.05, 0) is 23.9 Å². The number of rotatable bonds is 2. The summed E-state index contributed by atoms with van der Waals surface area (Å²) in [6.45, 7) is 3.60.